The summed E-state index contributed by atoms with van der Waals surface area (Å²) in [4.78, 5) is 12.8. The highest BCUT2D eigenvalue weighted by molar-refractivity contribution is 7.24. The largest absolute Gasteiger partial charge is 0.490 e. The molecule has 0 bridgehead atoms. The van der Waals surface area contributed by atoms with Gasteiger partial charge in [-0.1, -0.05) is 12.1 Å². The van der Waals surface area contributed by atoms with Crippen LogP contribution in [-0.2, 0) is 4.74 Å². The fourth-order valence-electron chi connectivity index (χ4n) is 2.58. The molecule has 0 N–H and O–H groups in total. The lowest BCUT2D eigenvalue weighted by atomic mass is 10.1. The van der Waals surface area contributed by atoms with Gasteiger partial charge in [-0.05, 0) is 38.1 Å². The summed E-state index contributed by atoms with van der Waals surface area (Å²) in [5, 5.41) is 1.40. The zero-order chi connectivity index (χ0) is 16.9. The number of fused-ring (bicyclic) bond motifs is 2. The van der Waals surface area contributed by atoms with Crippen molar-refractivity contribution in [2.75, 3.05) is 26.4 Å². The summed E-state index contributed by atoms with van der Waals surface area (Å²) in [7, 11) is 0. The van der Waals surface area contributed by atoms with Crippen molar-refractivity contribution in [3.63, 3.8) is 0 Å². The molecule has 24 heavy (non-hydrogen) atoms. The molecule has 3 rings (SSSR count). The van der Waals surface area contributed by atoms with Gasteiger partial charge in [0.05, 0.1) is 17.9 Å². The molecule has 2 aromatic carbocycles. The molecule has 0 saturated carbocycles. The molecule has 0 radical (unpaired) electrons. The Balaban J connectivity index is 2.15. The molecule has 0 spiro atoms. The summed E-state index contributed by atoms with van der Waals surface area (Å²) in [6.07, 6.45) is 0. The summed E-state index contributed by atoms with van der Waals surface area (Å²) < 4.78 is 18.7. The summed E-state index contributed by atoms with van der Waals surface area (Å²) in [5.74, 6) is 1.29. The SMILES string of the molecule is CCOCCOc1c(OCC)ccc2c(=O)c3ccccc3sc12. The van der Waals surface area contributed by atoms with Crippen LogP contribution in [0.5, 0.6) is 11.5 Å². The van der Waals surface area contributed by atoms with Crippen molar-refractivity contribution in [2.24, 2.45) is 0 Å². The van der Waals surface area contributed by atoms with E-state index in [1.807, 2.05) is 50.2 Å². The average molecular weight is 344 g/mol. The molecule has 0 saturated heterocycles. The lowest BCUT2D eigenvalue weighted by Gasteiger charge is -2.14. The third-order valence-electron chi connectivity index (χ3n) is 3.64. The van der Waals surface area contributed by atoms with E-state index < -0.39 is 0 Å². The second-order valence-corrected chi connectivity index (χ2v) is 6.23. The summed E-state index contributed by atoms with van der Waals surface area (Å²) in [6, 6.07) is 11.3. The van der Waals surface area contributed by atoms with E-state index in [-0.39, 0.29) is 5.43 Å². The van der Waals surface area contributed by atoms with Crippen molar-refractivity contribution in [2.45, 2.75) is 13.8 Å². The first-order valence-corrected chi connectivity index (χ1v) is 8.89. The predicted molar refractivity (Wildman–Crippen MR) is 98.8 cm³/mol. The third kappa shape index (κ3) is 3.23. The molecule has 0 atom stereocenters. The fourth-order valence-corrected chi connectivity index (χ4v) is 3.74. The van der Waals surface area contributed by atoms with Crippen LogP contribution in [0.15, 0.2) is 41.2 Å². The van der Waals surface area contributed by atoms with Crippen LogP contribution in [0, 0.1) is 0 Å². The molecule has 0 fully saturated rings. The topological polar surface area (TPSA) is 44.8 Å². The van der Waals surface area contributed by atoms with Gasteiger partial charge in [-0.3, -0.25) is 4.79 Å². The van der Waals surface area contributed by atoms with Gasteiger partial charge >= 0.3 is 0 Å². The van der Waals surface area contributed by atoms with Crippen LogP contribution >= 0.6 is 11.3 Å². The van der Waals surface area contributed by atoms with Crippen molar-refractivity contribution < 1.29 is 14.2 Å². The molecule has 0 aliphatic rings. The smallest absolute Gasteiger partial charge is 0.196 e. The summed E-state index contributed by atoms with van der Waals surface area (Å²) in [5.41, 5.74) is 0.0251. The van der Waals surface area contributed by atoms with Gasteiger partial charge in [-0.25, -0.2) is 0 Å². The minimum absolute atomic E-state index is 0.0251. The van der Waals surface area contributed by atoms with Crippen LogP contribution < -0.4 is 14.9 Å². The van der Waals surface area contributed by atoms with Crippen molar-refractivity contribution in [3.8, 4) is 11.5 Å². The predicted octanol–water partition coefficient (Wildman–Crippen LogP) is 4.23. The van der Waals surface area contributed by atoms with Crippen LogP contribution in [0.1, 0.15) is 13.8 Å². The minimum Gasteiger partial charge on any atom is -0.490 e. The average Bonchev–Trinajstić information content (AvgIpc) is 2.60. The molecular formula is C19H20O4S. The molecule has 0 aliphatic carbocycles. The highest BCUT2D eigenvalue weighted by Gasteiger charge is 2.15. The Morgan fingerprint density at radius 3 is 2.54 bits per heavy atom. The van der Waals surface area contributed by atoms with E-state index in [2.05, 4.69) is 0 Å². The Morgan fingerprint density at radius 1 is 0.917 bits per heavy atom. The molecule has 4 nitrogen and oxygen atoms in total. The highest BCUT2D eigenvalue weighted by atomic mass is 32.1. The summed E-state index contributed by atoms with van der Waals surface area (Å²) in [6.45, 7) is 5.98. The van der Waals surface area contributed by atoms with Crippen molar-refractivity contribution >= 4 is 31.5 Å². The van der Waals surface area contributed by atoms with Gasteiger partial charge in [0.2, 0.25) is 0 Å². The van der Waals surface area contributed by atoms with E-state index in [1.54, 1.807) is 11.3 Å². The van der Waals surface area contributed by atoms with Crippen molar-refractivity contribution in [1.29, 1.82) is 0 Å². The maximum Gasteiger partial charge on any atom is 0.196 e. The lowest BCUT2D eigenvalue weighted by molar-refractivity contribution is 0.109. The molecule has 1 heterocycles. The number of rotatable bonds is 7. The second kappa shape index (κ2) is 7.64. The monoisotopic (exact) mass is 344 g/mol. The van der Waals surface area contributed by atoms with Gasteiger partial charge in [0.15, 0.2) is 16.9 Å². The molecule has 0 amide bonds. The van der Waals surface area contributed by atoms with E-state index in [0.29, 0.717) is 43.3 Å². The van der Waals surface area contributed by atoms with Gasteiger partial charge in [0.1, 0.15) is 6.61 Å². The number of hydrogen-bond acceptors (Lipinski definition) is 5. The number of benzene rings is 2. The van der Waals surface area contributed by atoms with Crippen LogP contribution in [0.2, 0.25) is 0 Å². The number of hydrogen-bond donors (Lipinski definition) is 0. The Morgan fingerprint density at radius 2 is 1.75 bits per heavy atom. The quantitative estimate of drug-likeness (QED) is 0.475. The van der Waals surface area contributed by atoms with E-state index >= 15 is 0 Å². The Hall–Kier alpha value is -2.11. The summed E-state index contributed by atoms with van der Waals surface area (Å²) >= 11 is 1.55. The maximum absolute atomic E-state index is 12.8. The fraction of sp³-hybridized carbons (Fsp3) is 0.316. The third-order valence-corrected chi connectivity index (χ3v) is 4.83. The van der Waals surface area contributed by atoms with E-state index in [9.17, 15) is 4.79 Å². The molecule has 5 heteroatoms. The van der Waals surface area contributed by atoms with Crippen molar-refractivity contribution in [1.82, 2.24) is 0 Å². The first kappa shape index (κ1) is 16.7. The molecule has 1 aromatic heterocycles. The zero-order valence-electron chi connectivity index (χ0n) is 13.8. The Labute approximate surface area is 144 Å². The van der Waals surface area contributed by atoms with Crippen LogP contribution in [-0.4, -0.2) is 26.4 Å². The van der Waals surface area contributed by atoms with E-state index in [1.165, 1.54) is 0 Å². The zero-order valence-corrected chi connectivity index (χ0v) is 14.7. The molecule has 3 aromatic rings. The normalized spacial score (nSPS) is 11.1. The van der Waals surface area contributed by atoms with Crippen LogP contribution in [0.4, 0.5) is 0 Å². The molecular weight excluding hydrogens is 324 g/mol. The van der Waals surface area contributed by atoms with E-state index in [4.69, 9.17) is 14.2 Å². The maximum atomic E-state index is 12.8. The highest BCUT2D eigenvalue weighted by Crippen LogP contribution is 2.39. The lowest BCUT2D eigenvalue weighted by Crippen LogP contribution is -2.09. The van der Waals surface area contributed by atoms with Gasteiger partial charge in [0, 0.05) is 22.1 Å². The molecule has 0 unspecified atom stereocenters. The first-order valence-electron chi connectivity index (χ1n) is 8.08. The van der Waals surface area contributed by atoms with Gasteiger partial charge < -0.3 is 14.2 Å². The standard InChI is InChI=1S/C19H20O4S/c1-3-21-11-12-23-18-15(22-4-2)10-9-14-17(20)13-7-5-6-8-16(13)24-19(14)18/h5-10H,3-4,11-12H2,1-2H3. The Bertz CT molecular complexity index is 901. The molecule has 126 valence electrons. The van der Waals surface area contributed by atoms with Crippen LogP contribution in [0.25, 0.3) is 20.2 Å². The van der Waals surface area contributed by atoms with Gasteiger partial charge in [-0.15, -0.1) is 11.3 Å². The van der Waals surface area contributed by atoms with Gasteiger partial charge in [0.25, 0.3) is 0 Å². The van der Waals surface area contributed by atoms with E-state index in [0.717, 1.165) is 14.8 Å². The Kier molecular flexibility index (Phi) is 5.33. The van der Waals surface area contributed by atoms with Crippen molar-refractivity contribution in [3.05, 3.63) is 46.6 Å². The van der Waals surface area contributed by atoms with Crippen LogP contribution in [0.3, 0.4) is 0 Å². The first-order chi connectivity index (χ1) is 11.8. The van der Waals surface area contributed by atoms with Gasteiger partial charge in [-0.2, -0.15) is 0 Å². The number of ether oxygens (including phenoxy) is 3. The molecule has 0 aliphatic heterocycles. The second-order valence-electron chi connectivity index (χ2n) is 5.18. The minimum atomic E-state index is 0.0251.